The van der Waals surface area contributed by atoms with E-state index in [1.165, 1.54) is 0 Å². The summed E-state index contributed by atoms with van der Waals surface area (Å²) in [4.78, 5) is 6.66. The zero-order valence-electron chi connectivity index (χ0n) is 11.4. The van der Waals surface area contributed by atoms with E-state index >= 15 is 0 Å². The van der Waals surface area contributed by atoms with Crippen molar-refractivity contribution < 1.29 is 9.26 Å². The van der Waals surface area contributed by atoms with Crippen molar-refractivity contribution in [2.45, 2.75) is 39.5 Å². The topological polar surface area (TPSA) is 63.4 Å². The lowest BCUT2D eigenvalue weighted by molar-refractivity contribution is -0.0260. The molecule has 1 N–H and O–H groups in total. The van der Waals surface area contributed by atoms with Crippen molar-refractivity contribution in [3.63, 3.8) is 0 Å². The smallest absolute Gasteiger partial charge is 0.252 e. The highest BCUT2D eigenvalue weighted by atomic mass is 16.5. The SMILES string of the molecule is CC(C)(C)OCc1nc(CN2CCNCC2)no1. The Morgan fingerprint density at radius 2 is 2.06 bits per heavy atom. The molecule has 1 fully saturated rings. The van der Waals surface area contributed by atoms with Crippen LogP contribution >= 0.6 is 0 Å². The molecular weight excluding hydrogens is 232 g/mol. The number of ether oxygens (including phenoxy) is 1. The molecule has 0 aliphatic carbocycles. The van der Waals surface area contributed by atoms with Crippen LogP contribution in [0.15, 0.2) is 4.52 Å². The number of hydrogen-bond donors (Lipinski definition) is 1. The normalized spacial score (nSPS) is 18.2. The van der Waals surface area contributed by atoms with Crippen LogP contribution in [-0.4, -0.2) is 46.8 Å². The molecule has 0 aromatic carbocycles. The number of piperazine rings is 1. The Labute approximate surface area is 108 Å². The molecule has 1 aliphatic rings. The maximum atomic E-state index is 5.60. The quantitative estimate of drug-likeness (QED) is 0.857. The van der Waals surface area contributed by atoms with Crippen molar-refractivity contribution in [1.82, 2.24) is 20.4 Å². The first-order chi connectivity index (χ1) is 8.53. The van der Waals surface area contributed by atoms with Crippen LogP contribution in [0.4, 0.5) is 0 Å². The fourth-order valence-electron chi connectivity index (χ4n) is 1.76. The van der Waals surface area contributed by atoms with Gasteiger partial charge in [-0.15, -0.1) is 0 Å². The first kappa shape index (κ1) is 13.5. The van der Waals surface area contributed by atoms with Crippen molar-refractivity contribution >= 4 is 0 Å². The first-order valence-electron chi connectivity index (χ1n) is 6.41. The van der Waals surface area contributed by atoms with Gasteiger partial charge in [-0.25, -0.2) is 0 Å². The van der Waals surface area contributed by atoms with E-state index in [0.29, 0.717) is 12.5 Å². The van der Waals surface area contributed by atoms with Gasteiger partial charge in [-0.05, 0) is 20.8 Å². The van der Waals surface area contributed by atoms with Gasteiger partial charge in [0.25, 0.3) is 5.89 Å². The van der Waals surface area contributed by atoms with E-state index in [4.69, 9.17) is 9.26 Å². The van der Waals surface area contributed by atoms with Gasteiger partial charge in [0.2, 0.25) is 0 Å². The molecule has 0 unspecified atom stereocenters. The van der Waals surface area contributed by atoms with Gasteiger partial charge in [0.1, 0.15) is 6.61 Å². The van der Waals surface area contributed by atoms with Gasteiger partial charge in [0.15, 0.2) is 5.82 Å². The van der Waals surface area contributed by atoms with Gasteiger partial charge in [0.05, 0.1) is 12.1 Å². The third-order valence-electron chi connectivity index (χ3n) is 2.71. The summed E-state index contributed by atoms with van der Waals surface area (Å²) in [6, 6.07) is 0. The standard InChI is InChI=1S/C12H22N4O2/c1-12(2,3)17-9-11-14-10(15-18-11)8-16-6-4-13-5-7-16/h13H,4-9H2,1-3H3. The third-order valence-corrected chi connectivity index (χ3v) is 2.71. The molecule has 2 rings (SSSR count). The fraction of sp³-hybridized carbons (Fsp3) is 0.833. The molecule has 0 bridgehead atoms. The second-order valence-electron chi connectivity index (χ2n) is 5.53. The van der Waals surface area contributed by atoms with E-state index in [-0.39, 0.29) is 5.60 Å². The van der Waals surface area contributed by atoms with Gasteiger partial charge >= 0.3 is 0 Å². The van der Waals surface area contributed by atoms with Crippen LogP contribution in [-0.2, 0) is 17.9 Å². The lowest BCUT2D eigenvalue weighted by Crippen LogP contribution is -2.43. The molecule has 0 radical (unpaired) electrons. The molecule has 6 heteroatoms. The molecule has 18 heavy (non-hydrogen) atoms. The number of nitrogens with zero attached hydrogens (tertiary/aromatic N) is 3. The van der Waals surface area contributed by atoms with Crippen LogP contribution in [0.3, 0.4) is 0 Å². The predicted octanol–water partition coefficient (Wildman–Crippen LogP) is 0.790. The van der Waals surface area contributed by atoms with Crippen molar-refractivity contribution in [1.29, 1.82) is 0 Å². The maximum absolute atomic E-state index is 5.60. The monoisotopic (exact) mass is 254 g/mol. The minimum atomic E-state index is -0.187. The van der Waals surface area contributed by atoms with Crippen molar-refractivity contribution in [2.75, 3.05) is 26.2 Å². The third kappa shape index (κ3) is 4.36. The lowest BCUT2D eigenvalue weighted by atomic mass is 10.2. The van der Waals surface area contributed by atoms with Gasteiger partial charge in [-0.1, -0.05) is 5.16 Å². The molecule has 1 aromatic heterocycles. The summed E-state index contributed by atoms with van der Waals surface area (Å²) in [5.41, 5.74) is -0.187. The largest absolute Gasteiger partial charge is 0.366 e. The Hall–Kier alpha value is -0.980. The highest BCUT2D eigenvalue weighted by Gasteiger charge is 2.16. The average molecular weight is 254 g/mol. The summed E-state index contributed by atoms with van der Waals surface area (Å²) in [6.45, 7) is 11.3. The number of hydrogen-bond acceptors (Lipinski definition) is 6. The summed E-state index contributed by atoms with van der Waals surface area (Å²) < 4.78 is 10.8. The van der Waals surface area contributed by atoms with Crippen LogP contribution in [0.25, 0.3) is 0 Å². The summed E-state index contributed by atoms with van der Waals surface area (Å²) in [5, 5.41) is 7.30. The van der Waals surface area contributed by atoms with Gasteiger partial charge in [-0.2, -0.15) is 4.98 Å². The van der Waals surface area contributed by atoms with Crippen LogP contribution in [0.5, 0.6) is 0 Å². The molecule has 6 nitrogen and oxygen atoms in total. The Balaban J connectivity index is 1.82. The summed E-state index contributed by atoms with van der Waals surface area (Å²) in [7, 11) is 0. The van der Waals surface area contributed by atoms with Crippen LogP contribution < -0.4 is 5.32 Å². The molecule has 2 heterocycles. The summed E-state index contributed by atoms with van der Waals surface area (Å²) >= 11 is 0. The van der Waals surface area contributed by atoms with E-state index in [1.54, 1.807) is 0 Å². The van der Waals surface area contributed by atoms with Crippen molar-refractivity contribution in [2.24, 2.45) is 0 Å². The van der Waals surface area contributed by atoms with Gasteiger partial charge in [0, 0.05) is 26.2 Å². The minimum Gasteiger partial charge on any atom is -0.366 e. The highest BCUT2D eigenvalue weighted by Crippen LogP contribution is 2.11. The minimum absolute atomic E-state index is 0.187. The summed E-state index contributed by atoms with van der Waals surface area (Å²) in [5.74, 6) is 1.29. The van der Waals surface area contributed by atoms with E-state index in [0.717, 1.165) is 38.5 Å². The molecule has 1 aliphatic heterocycles. The fourth-order valence-corrected chi connectivity index (χ4v) is 1.76. The zero-order valence-corrected chi connectivity index (χ0v) is 11.4. The Bertz CT molecular complexity index is 366. The molecule has 0 amide bonds. The van der Waals surface area contributed by atoms with Crippen LogP contribution in [0, 0.1) is 0 Å². The Kier molecular flexibility index (Phi) is 4.31. The van der Waals surface area contributed by atoms with Gasteiger partial charge in [-0.3, -0.25) is 4.90 Å². The Morgan fingerprint density at radius 3 is 2.72 bits per heavy atom. The summed E-state index contributed by atoms with van der Waals surface area (Å²) in [6.07, 6.45) is 0. The molecule has 1 aromatic rings. The van der Waals surface area contributed by atoms with E-state index in [1.807, 2.05) is 20.8 Å². The second kappa shape index (κ2) is 5.77. The molecule has 1 saturated heterocycles. The second-order valence-corrected chi connectivity index (χ2v) is 5.53. The maximum Gasteiger partial charge on any atom is 0.252 e. The number of nitrogens with one attached hydrogen (secondary N) is 1. The molecular formula is C12H22N4O2. The van der Waals surface area contributed by atoms with Crippen molar-refractivity contribution in [3.8, 4) is 0 Å². The Morgan fingerprint density at radius 1 is 1.33 bits per heavy atom. The molecule has 0 saturated carbocycles. The molecule has 102 valence electrons. The molecule has 0 atom stereocenters. The highest BCUT2D eigenvalue weighted by molar-refractivity contribution is 4.86. The van der Waals surface area contributed by atoms with Crippen LogP contribution in [0.2, 0.25) is 0 Å². The van der Waals surface area contributed by atoms with Gasteiger partial charge < -0.3 is 14.6 Å². The predicted molar refractivity (Wildman–Crippen MR) is 67.0 cm³/mol. The molecule has 0 spiro atoms. The van der Waals surface area contributed by atoms with Crippen molar-refractivity contribution in [3.05, 3.63) is 11.7 Å². The first-order valence-corrected chi connectivity index (χ1v) is 6.41. The lowest BCUT2D eigenvalue weighted by Gasteiger charge is -2.25. The van der Waals surface area contributed by atoms with E-state index < -0.39 is 0 Å². The number of aromatic nitrogens is 2. The van der Waals surface area contributed by atoms with E-state index in [2.05, 4.69) is 20.4 Å². The van der Waals surface area contributed by atoms with Crippen LogP contribution in [0.1, 0.15) is 32.5 Å². The van der Waals surface area contributed by atoms with E-state index in [9.17, 15) is 0 Å². The average Bonchev–Trinajstić information content (AvgIpc) is 2.75. The number of rotatable bonds is 4. The zero-order chi connectivity index (χ0) is 13.0.